The molecule has 7 nitrogen and oxygen atoms in total. The van der Waals surface area contributed by atoms with E-state index in [1.807, 2.05) is 47.2 Å². The largest absolute Gasteiger partial charge is 0.493 e. The first-order valence-electron chi connectivity index (χ1n) is 11.3. The first-order valence-corrected chi connectivity index (χ1v) is 11.3. The highest BCUT2D eigenvalue weighted by atomic mass is 16.5. The number of hydrogen-bond donors (Lipinski definition) is 0. The second-order valence-electron chi connectivity index (χ2n) is 8.91. The highest BCUT2D eigenvalue weighted by molar-refractivity contribution is 5.93. The van der Waals surface area contributed by atoms with Crippen LogP contribution in [0.25, 0.3) is 0 Å². The van der Waals surface area contributed by atoms with E-state index in [-0.39, 0.29) is 17.2 Å². The summed E-state index contributed by atoms with van der Waals surface area (Å²) in [5.41, 5.74) is 0.357. The van der Waals surface area contributed by atoms with Crippen molar-refractivity contribution in [1.29, 1.82) is 0 Å². The second-order valence-corrected chi connectivity index (χ2v) is 8.91. The molecule has 2 aromatic rings. The van der Waals surface area contributed by atoms with Crippen LogP contribution in [0.5, 0.6) is 5.75 Å². The molecule has 0 N–H and O–H groups in total. The van der Waals surface area contributed by atoms with Gasteiger partial charge in [0.15, 0.2) is 0 Å². The lowest BCUT2D eigenvalue weighted by Crippen LogP contribution is -2.48. The summed E-state index contributed by atoms with van der Waals surface area (Å²) >= 11 is 0. The van der Waals surface area contributed by atoms with Crippen molar-refractivity contribution in [2.45, 2.75) is 38.5 Å². The van der Waals surface area contributed by atoms with Gasteiger partial charge in [-0.3, -0.25) is 14.3 Å². The molecule has 3 heterocycles. The molecular formula is C24H32N4O3. The molecule has 2 fully saturated rings. The second kappa shape index (κ2) is 9.54. The van der Waals surface area contributed by atoms with Crippen molar-refractivity contribution >= 4 is 11.8 Å². The normalized spacial score (nSPS) is 18.6. The Kier molecular flexibility index (Phi) is 6.59. The molecule has 7 heteroatoms. The molecular weight excluding hydrogens is 392 g/mol. The molecule has 0 unspecified atom stereocenters. The van der Waals surface area contributed by atoms with Crippen LogP contribution >= 0.6 is 0 Å². The standard InChI is InChI=1S/C24H32N4O3/c1-26-18-20(17-25-26)23(30)28-14-10-24(11-15-28,19-31-21-8-4-2-5-9-21)16-22(29)27-12-6-3-7-13-27/h2,4-5,8-9,17-18H,3,6-7,10-16,19H2,1H3. The Labute approximate surface area is 184 Å². The average Bonchev–Trinajstić information content (AvgIpc) is 3.25. The third-order valence-electron chi connectivity index (χ3n) is 6.59. The maximum atomic E-state index is 13.1. The fourth-order valence-electron chi connectivity index (χ4n) is 4.60. The highest BCUT2D eigenvalue weighted by Crippen LogP contribution is 2.37. The first-order chi connectivity index (χ1) is 15.0. The number of ether oxygens (including phenoxy) is 1. The van der Waals surface area contributed by atoms with E-state index in [4.69, 9.17) is 4.74 Å². The van der Waals surface area contributed by atoms with Crippen molar-refractivity contribution in [2.24, 2.45) is 12.5 Å². The van der Waals surface area contributed by atoms with Crippen molar-refractivity contribution in [3.05, 3.63) is 48.3 Å². The number of piperidine rings is 2. The van der Waals surface area contributed by atoms with Crippen molar-refractivity contribution in [1.82, 2.24) is 19.6 Å². The summed E-state index contributed by atoms with van der Waals surface area (Å²) in [5, 5.41) is 4.11. The van der Waals surface area contributed by atoms with E-state index in [0.717, 1.165) is 44.5 Å². The van der Waals surface area contributed by atoms with Gasteiger partial charge in [-0.05, 0) is 44.2 Å². The van der Waals surface area contributed by atoms with Crippen LogP contribution in [0.4, 0.5) is 0 Å². The van der Waals surface area contributed by atoms with Crippen molar-refractivity contribution in [2.75, 3.05) is 32.8 Å². The number of aromatic nitrogens is 2. The molecule has 4 rings (SSSR count). The number of amides is 2. The zero-order chi connectivity index (χ0) is 21.7. The predicted octanol–water partition coefficient (Wildman–Crippen LogP) is 3.12. The van der Waals surface area contributed by atoms with Gasteiger partial charge in [0.1, 0.15) is 5.75 Å². The minimum atomic E-state index is -0.254. The molecule has 2 aliphatic heterocycles. The van der Waals surface area contributed by atoms with Crippen LogP contribution in [0, 0.1) is 5.41 Å². The predicted molar refractivity (Wildman–Crippen MR) is 118 cm³/mol. The SMILES string of the molecule is Cn1cc(C(=O)N2CCC(COc3ccccc3)(CC(=O)N3CCCCC3)CC2)cn1. The summed E-state index contributed by atoms with van der Waals surface area (Å²) in [7, 11) is 1.81. The third-order valence-corrected chi connectivity index (χ3v) is 6.59. The highest BCUT2D eigenvalue weighted by Gasteiger charge is 2.40. The van der Waals surface area contributed by atoms with E-state index < -0.39 is 0 Å². The molecule has 31 heavy (non-hydrogen) atoms. The number of carbonyl (C=O) groups excluding carboxylic acids is 2. The maximum Gasteiger partial charge on any atom is 0.257 e. The van der Waals surface area contributed by atoms with E-state index in [1.165, 1.54) is 6.42 Å². The van der Waals surface area contributed by atoms with Crippen LogP contribution in [-0.2, 0) is 11.8 Å². The van der Waals surface area contributed by atoms with Crippen LogP contribution in [0.1, 0.15) is 48.9 Å². The molecule has 2 amide bonds. The molecule has 0 aliphatic carbocycles. The zero-order valence-electron chi connectivity index (χ0n) is 18.3. The number of para-hydroxylation sites is 1. The minimum Gasteiger partial charge on any atom is -0.493 e. The van der Waals surface area contributed by atoms with Crippen LogP contribution < -0.4 is 4.74 Å². The molecule has 1 aromatic carbocycles. The van der Waals surface area contributed by atoms with Crippen molar-refractivity contribution < 1.29 is 14.3 Å². The van der Waals surface area contributed by atoms with Gasteiger partial charge < -0.3 is 14.5 Å². The fraction of sp³-hybridized carbons (Fsp3) is 0.542. The Balaban J connectivity index is 1.43. The van der Waals surface area contributed by atoms with Crippen molar-refractivity contribution in [3.8, 4) is 5.75 Å². The lowest BCUT2D eigenvalue weighted by molar-refractivity contribution is -0.136. The Bertz CT molecular complexity index is 881. The van der Waals surface area contributed by atoms with Crippen molar-refractivity contribution in [3.63, 3.8) is 0 Å². The summed E-state index contributed by atoms with van der Waals surface area (Å²) in [6.07, 6.45) is 8.74. The number of hydrogen-bond acceptors (Lipinski definition) is 4. The third kappa shape index (κ3) is 5.27. The van der Waals surface area contributed by atoms with Gasteiger partial charge in [0, 0.05) is 51.3 Å². The van der Waals surface area contributed by atoms with E-state index in [9.17, 15) is 9.59 Å². The summed E-state index contributed by atoms with van der Waals surface area (Å²) in [5.74, 6) is 1.05. The van der Waals surface area contributed by atoms with E-state index >= 15 is 0 Å². The Morgan fingerprint density at radius 3 is 2.35 bits per heavy atom. The maximum absolute atomic E-state index is 13.1. The Morgan fingerprint density at radius 2 is 1.71 bits per heavy atom. The van der Waals surface area contributed by atoms with Crippen LogP contribution in [0.2, 0.25) is 0 Å². The zero-order valence-corrected chi connectivity index (χ0v) is 18.3. The van der Waals surface area contributed by atoms with Crippen LogP contribution in [0.15, 0.2) is 42.7 Å². The van der Waals surface area contributed by atoms with Gasteiger partial charge in [-0.15, -0.1) is 0 Å². The smallest absolute Gasteiger partial charge is 0.257 e. The van der Waals surface area contributed by atoms with E-state index in [1.54, 1.807) is 17.1 Å². The van der Waals surface area contributed by atoms with Gasteiger partial charge in [0.05, 0.1) is 18.4 Å². The van der Waals surface area contributed by atoms with Crippen LogP contribution in [-0.4, -0.2) is 64.2 Å². The minimum absolute atomic E-state index is 0.00744. The van der Waals surface area contributed by atoms with Gasteiger partial charge in [-0.2, -0.15) is 5.10 Å². The lowest BCUT2D eigenvalue weighted by atomic mass is 9.75. The molecule has 2 saturated heterocycles. The first kappa shape index (κ1) is 21.4. The molecule has 1 aromatic heterocycles. The number of benzene rings is 1. The number of nitrogens with zero attached hydrogens (tertiary/aromatic N) is 4. The van der Waals surface area contributed by atoms with Gasteiger partial charge in [0.2, 0.25) is 5.91 Å². The molecule has 166 valence electrons. The number of aryl methyl sites for hydroxylation is 1. The summed E-state index contributed by atoms with van der Waals surface area (Å²) in [6.45, 7) is 3.46. The summed E-state index contributed by atoms with van der Waals surface area (Å²) in [6, 6.07) is 9.76. The van der Waals surface area contributed by atoms with Gasteiger partial charge in [-0.25, -0.2) is 0 Å². The summed E-state index contributed by atoms with van der Waals surface area (Å²) in [4.78, 5) is 29.8. The lowest BCUT2D eigenvalue weighted by Gasteiger charge is -2.42. The van der Waals surface area contributed by atoms with E-state index in [2.05, 4.69) is 5.10 Å². The monoisotopic (exact) mass is 424 g/mol. The number of carbonyl (C=O) groups is 2. The van der Waals surface area contributed by atoms with Crippen LogP contribution in [0.3, 0.4) is 0 Å². The summed E-state index contributed by atoms with van der Waals surface area (Å²) < 4.78 is 7.78. The Morgan fingerprint density at radius 1 is 1.00 bits per heavy atom. The molecule has 0 atom stereocenters. The topological polar surface area (TPSA) is 67.7 Å². The van der Waals surface area contributed by atoms with E-state index in [0.29, 0.717) is 31.7 Å². The molecule has 2 aliphatic rings. The van der Waals surface area contributed by atoms with Gasteiger partial charge in [0.25, 0.3) is 5.91 Å². The quantitative estimate of drug-likeness (QED) is 0.715. The molecule has 0 bridgehead atoms. The average molecular weight is 425 g/mol. The van der Waals surface area contributed by atoms with Gasteiger partial charge >= 0.3 is 0 Å². The Hall–Kier alpha value is -2.83. The number of rotatable bonds is 6. The molecule has 0 saturated carbocycles. The van der Waals surface area contributed by atoms with Gasteiger partial charge in [-0.1, -0.05) is 18.2 Å². The number of likely N-dealkylation sites (tertiary alicyclic amines) is 2. The molecule has 0 spiro atoms. The molecule has 0 radical (unpaired) electrons. The fourth-order valence-corrected chi connectivity index (χ4v) is 4.60.